The average Bonchev–Trinajstić information content (AvgIpc) is 2.96. The van der Waals surface area contributed by atoms with Gasteiger partial charge in [0.1, 0.15) is 0 Å². The first kappa shape index (κ1) is 34.3. The first-order valence-corrected chi connectivity index (χ1v) is 16.7. The van der Waals surface area contributed by atoms with Gasteiger partial charge in [-0.1, -0.05) is 47.1 Å². The number of carboxylic acids is 2. The second kappa shape index (κ2) is 10.7. The minimum Gasteiger partial charge on any atom is -0.504 e. The number of hydrogen-bond donors (Lipinski definition) is 6. The van der Waals surface area contributed by atoms with Gasteiger partial charge in [-0.3, -0.25) is 9.59 Å². The zero-order chi connectivity index (χ0) is 34.4. The molecule has 0 spiro atoms. The second-order valence-corrected chi connectivity index (χ2v) is 17.1. The Morgan fingerprint density at radius 2 is 1.39 bits per heavy atom. The number of fused-ring (bicyclic) bond motifs is 7. The number of ketones is 1. The van der Waals surface area contributed by atoms with Gasteiger partial charge in [0, 0.05) is 5.92 Å². The quantitative estimate of drug-likeness (QED) is 0.188. The maximum Gasteiger partial charge on any atom is 0.335 e. The Labute approximate surface area is 271 Å². The van der Waals surface area contributed by atoms with Crippen LogP contribution in [-0.2, 0) is 9.59 Å². The molecule has 6 rings (SSSR count). The largest absolute Gasteiger partial charge is 0.504 e. The molecular formula is C37H52O9. The summed E-state index contributed by atoms with van der Waals surface area (Å²) in [6, 6.07) is 1.69. The topological polar surface area (TPSA) is 173 Å². The molecule has 4 fully saturated rings. The van der Waals surface area contributed by atoms with E-state index in [1.54, 1.807) is 0 Å². The van der Waals surface area contributed by atoms with Crippen LogP contribution in [0.2, 0.25) is 0 Å². The summed E-state index contributed by atoms with van der Waals surface area (Å²) in [7, 11) is 0. The Morgan fingerprint density at radius 1 is 0.804 bits per heavy atom. The SMILES string of the molecule is CC1(C(=O)O)CCC2(C)CCC3(C)C(=CC(=O)C4C5(C)CCC(O)C(C)(C)C5CCC43C)C2C1.O=C(O)c1cc(O)c(O)c(O)c1. The van der Waals surface area contributed by atoms with Gasteiger partial charge in [-0.25, -0.2) is 4.79 Å². The van der Waals surface area contributed by atoms with E-state index in [4.69, 9.17) is 20.4 Å². The van der Waals surface area contributed by atoms with Crippen LogP contribution in [-0.4, -0.2) is 54.5 Å². The van der Waals surface area contributed by atoms with Crippen LogP contribution >= 0.6 is 0 Å². The van der Waals surface area contributed by atoms with E-state index in [0.717, 1.165) is 63.5 Å². The number of aliphatic hydroxyl groups is 1. The Kier molecular flexibility index (Phi) is 7.99. The number of phenolic OH excluding ortho intramolecular Hbond substituents is 3. The molecule has 5 aliphatic rings. The van der Waals surface area contributed by atoms with Crippen molar-refractivity contribution in [3.05, 3.63) is 29.3 Å². The van der Waals surface area contributed by atoms with Crippen LogP contribution in [0.3, 0.4) is 0 Å². The van der Waals surface area contributed by atoms with Gasteiger partial charge in [-0.15, -0.1) is 0 Å². The molecule has 0 aromatic heterocycles. The molecule has 0 heterocycles. The smallest absolute Gasteiger partial charge is 0.335 e. The maximum absolute atomic E-state index is 14.2. The third kappa shape index (κ3) is 4.77. The zero-order valence-electron chi connectivity index (χ0n) is 28.3. The fourth-order valence-electron chi connectivity index (χ4n) is 11.1. The average molecular weight is 641 g/mol. The van der Waals surface area contributed by atoms with Gasteiger partial charge < -0.3 is 30.6 Å². The fraction of sp³-hybridized carbons (Fsp3) is 0.703. The maximum atomic E-state index is 14.2. The highest BCUT2D eigenvalue weighted by Gasteiger charge is 2.70. The van der Waals surface area contributed by atoms with Gasteiger partial charge in [-0.05, 0) is 122 Å². The normalized spacial score (nSPS) is 42.5. The number of hydrogen-bond acceptors (Lipinski definition) is 7. The Hall–Kier alpha value is -3.07. The molecule has 0 saturated heterocycles. The van der Waals surface area contributed by atoms with Crippen molar-refractivity contribution in [2.45, 2.75) is 112 Å². The highest BCUT2D eigenvalue weighted by atomic mass is 16.4. The predicted octanol–water partition coefficient (Wildman–Crippen LogP) is 6.91. The molecule has 5 aliphatic carbocycles. The van der Waals surface area contributed by atoms with E-state index in [-0.39, 0.29) is 56.4 Å². The highest BCUT2D eigenvalue weighted by Crippen LogP contribution is 2.75. The number of benzene rings is 1. The van der Waals surface area contributed by atoms with Crippen molar-refractivity contribution >= 4 is 17.7 Å². The molecule has 4 saturated carbocycles. The monoisotopic (exact) mass is 640 g/mol. The first-order valence-electron chi connectivity index (χ1n) is 16.7. The number of phenols is 3. The number of aromatic carboxylic acids is 1. The van der Waals surface area contributed by atoms with Crippen molar-refractivity contribution < 1.29 is 45.0 Å². The molecule has 0 bridgehead atoms. The van der Waals surface area contributed by atoms with Crippen LogP contribution in [0.1, 0.15) is 117 Å². The van der Waals surface area contributed by atoms with Crippen molar-refractivity contribution in [1.82, 2.24) is 0 Å². The Morgan fingerprint density at radius 3 is 1.96 bits per heavy atom. The molecule has 6 N–H and O–H groups in total. The summed E-state index contributed by atoms with van der Waals surface area (Å²) in [5.41, 5.74) is -0.147. The second-order valence-electron chi connectivity index (χ2n) is 17.1. The van der Waals surface area contributed by atoms with Gasteiger partial charge in [0.05, 0.1) is 17.1 Å². The fourth-order valence-corrected chi connectivity index (χ4v) is 11.1. The lowest BCUT2D eigenvalue weighted by Gasteiger charge is -2.70. The van der Waals surface area contributed by atoms with Crippen molar-refractivity contribution in [1.29, 1.82) is 0 Å². The van der Waals surface area contributed by atoms with Crippen LogP contribution in [0, 0.1) is 50.2 Å². The summed E-state index contributed by atoms with van der Waals surface area (Å²) in [5.74, 6) is -3.27. The summed E-state index contributed by atoms with van der Waals surface area (Å²) < 4.78 is 0. The zero-order valence-corrected chi connectivity index (χ0v) is 28.3. The van der Waals surface area contributed by atoms with Crippen LogP contribution in [0.4, 0.5) is 0 Å². The van der Waals surface area contributed by atoms with Gasteiger partial charge in [-0.2, -0.15) is 0 Å². The molecule has 254 valence electrons. The minimum absolute atomic E-state index is 0.0296. The third-order valence-corrected chi connectivity index (χ3v) is 14.4. The lowest BCUT2D eigenvalue weighted by molar-refractivity contribution is -0.202. The van der Waals surface area contributed by atoms with Gasteiger partial charge in [0.25, 0.3) is 0 Å². The molecule has 9 unspecified atom stereocenters. The van der Waals surface area contributed by atoms with Crippen LogP contribution in [0.25, 0.3) is 0 Å². The predicted molar refractivity (Wildman–Crippen MR) is 171 cm³/mol. The highest BCUT2D eigenvalue weighted by molar-refractivity contribution is 5.95. The number of carboxylic acid groups (broad SMARTS) is 2. The number of carbonyl (C=O) groups excluding carboxylic acids is 1. The van der Waals surface area contributed by atoms with Crippen LogP contribution in [0.15, 0.2) is 23.8 Å². The molecule has 46 heavy (non-hydrogen) atoms. The van der Waals surface area contributed by atoms with Gasteiger partial charge >= 0.3 is 11.9 Å². The van der Waals surface area contributed by atoms with Gasteiger partial charge in [0.15, 0.2) is 23.0 Å². The molecule has 9 atom stereocenters. The lowest BCUT2D eigenvalue weighted by atomic mass is 9.33. The molecule has 1 aromatic rings. The van der Waals surface area contributed by atoms with Crippen molar-refractivity contribution in [2.24, 2.45) is 50.2 Å². The summed E-state index contributed by atoms with van der Waals surface area (Å²) in [6.45, 7) is 15.8. The number of rotatable bonds is 2. The van der Waals surface area contributed by atoms with E-state index in [1.165, 1.54) is 5.57 Å². The minimum atomic E-state index is -1.29. The summed E-state index contributed by atoms with van der Waals surface area (Å²) in [5, 5.41) is 55.9. The lowest BCUT2D eigenvalue weighted by Crippen LogP contribution is -2.66. The summed E-state index contributed by atoms with van der Waals surface area (Å²) >= 11 is 0. The molecule has 0 radical (unpaired) electrons. The number of allylic oxidation sites excluding steroid dienone is 2. The Bertz CT molecular complexity index is 1470. The summed E-state index contributed by atoms with van der Waals surface area (Å²) in [4.78, 5) is 36.7. The Balaban J connectivity index is 0.000000293. The van der Waals surface area contributed by atoms with Gasteiger partial charge in [0.2, 0.25) is 0 Å². The first-order chi connectivity index (χ1) is 21.1. The van der Waals surface area contributed by atoms with Crippen LogP contribution < -0.4 is 0 Å². The van der Waals surface area contributed by atoms with Crippen molar-refractivity contribution in [3.8, 4) is 17.2 Å². The van der Waals surface area contributed by atoms with E-state index in [1.807, 2.05) is 13.0 Å². The van der Waals surface area contributed by atoms with Crippen molar-refractivity contribution in [3.63, 3.8) is 0 Å². The number of carbonyl (C=O) groups is 3. The standard InChI is InChI=1S/C30H46O4.C7H6O5/c1-25(2)21-8-11-30(7)23(28(21,5)10-9-22(25)32)20(31)16-18-19-17-27(4,24(33)34)13-12-26(19,3)14-15-29(18,30)6;8-4-1-3(7(11)12)2-5(9)6(4)10/h16,19,21-23,32H,8-15,17H2,1-7H3,(H,33,34);1-2,8-10H,(H,11,12). The molecule has 9 nitrogen and oxygen atoms in total. The van der Waals surface area contributed by atoms with E-state index in [2.05, 4.69) is 41.5 Å². The third-order valence-electron chi connectivity index (χ3n) is 14.4. The molecular weight excluding hydrogens is 588 g/mol. The van der Waals surface area contributed by atoms with E-state index >= 15 is 0 Å². The number of aliphatic carboxylic acids is 1. The van der Waals surface area contributed by atoms with E-state index in [0.29, 0.717) is 12.3 Å². The molecule has 9 heteroatoms. The van der Waals surface area contributed by atoms with Crippen molar-refractivity contribution in [2.75, 3.05) is 0 Å². The number of aliphatic hydroxyl groups excluding tert-OH is 1. The van der Waals surface area contributed by atoms with E-state index < -0.39 is 34.6 Å². The number of aromatic hydroxyl groups is 3. The molecule has 1 aromatic carbocycles. The summed E-state index contributed by atoms with van der Waals surface area (Å²) in [6.07, 6.45) is 9.95. The van der Waals surface area contributed by atoms with Crippen LogP contribution in [0.5, 0.6) is 17.2 Å². The molecule has 0 amide bonds. The van der Waals surface area contributed by atoms with E-state index in [9.17, 15) is 24.6 Å². The molecule has 0 aliphatic heterocycles.